The number of hydrogen-bond acceptors (Lipinski definition) is 5. The highest BCUT2D eigenvalue weighted by Gasteiger charge is 2.08. The summed E-state index contributed by atoms with van der Waals surface area (Å²) in [5.74, 6) is -1.47. The zero-order valence-electron chi connectivity index (χ0n) is 13.2. The van der Waals surface area contributed by atoms with Crippen LogP contribution < -0.4 is 10.6 Å². The highest BCUT2D eigenvalue weighted by molar-refractivity contribution is 5.95. The highest BCUT2D eigenvalue weighted by atomic mass is 16.4. The van der Waals surface area contributed by atoms with Crippen LogP contribution in [0.15, 0.2) is 18.3 Å². The highest BCUT2D eigenvalue weighted by Crippen LogP contribution is 2.06. The van der Waals surface area contributed by atoms with Crippen molar-refractivity contribution in [1.82, 2.24) is 10.3 Å². The van der Waals surface area contributed by atoms with Crippen molar-refractivity contribution in [2.24, 2.45) is 0 Å². The molecule has 1 aromatic heterocycles. The normalized spacial score (nSPS) is 9.13. The van der Waals surface area contributed by atoms with E-state index in [1.807, 2.05) is 13.8 Å². The summed E-state index contributed by atoms with van der Waals surface area (Å²) in [5.41, 5.74) is 0.265. The summed E-state index contributed by atoms with van der Waals surface area (Å²) in [6.07, 6.45) is 2.09. The van der Waals surface area contributed by atoms with Gasteiger partial charge in [0, 0.05) is 19.0 Å². The van der Waals surface area contributed by atoms with E-state index in [4.69, 9.17) is 5.11 Å². The molecule has 0 bridgehead atoms. The van der Waals surface area contributed by atoms with Crippen LogP contribution in [0.5, 0.6) is 0 Å². The van der Waals surface area contributed by atoms with Crippen molar-refractivity contribution >= 4 is 29.9 Å². The summed E-state index contributed by atoms with van der Waals surface area (Å²) < 4.78 is 0. The molecule has 0 atom stereocenters. The summed E-state index contributed by atoms with van der Waals surface area (Å²) in [4.78, 5) is 47.3. The van der Waals surface area contributed by atoms with Crippen molar-refractivity contribution < 1.29 is 24.3 Å². The van der Waals surface area contributed by atoms with Crippen LogP contribution in [0.3, 0.4) is 0 Å². The summed E-state index contributed by atoms with van der Waals surface area (Å²) in [6, 6.07) is 2.91. The minimum absolute atomic E-state index is 0.0727. The van der Waals surface area contributed by atoms with Crippen LogP contribution in [-0.2, 0) is 14.4 Å². The van der Waals surface area contributed by atoms with Gasteiger partial charge in [0.05, 0.1) is 12.1 Å². The molecule has 0 saturated heterocycles. The van der Waals surface area contributed by atoms with Gasteiger partial charge in [0.15, 0.2) is 0 Å². The first-order chi connectivity index (χ1) is 11.0. The quantitative estimate of drug-likeness (QED) is 0.618. The SMILES string of the molecule is CC.O=CCNC(=O)c1ccc(NC(=O)CCCC(=O)O)nc1. The lowest BCUT2D eigenvalue weighted by molar-refractivity contribution is -0.137. The number of nitrogens with zero attached hydrogens (tertiary/aromatic N) is 1. The molecular formula is C15H21N3O5. The number of hydrogen-bond donors (Lipinski definition) is 3. The van der Waals surface area contributed by atoms with E-state index >= 15 is 0 Å². The molecule has 1 heterocycles. The molecule has 2 amide bonds. The molecule has 0 aromatic carbocycles. The molecule has 0 fully saturated rings. The van der Waals surface area contributed by atoms with Crippen molar-refractivity contribution in [3.8, 4) is 0 Å². The average Bonchev–Trinajstić information content (AvgIpc) is 2.54. The van der Waals surface area contributed by atoms with Gasteiger partial charge in [-0.3, -0.25) is 14.4 Å². The average molecular weight is 323 g/mol. The second-order valence-corrected chi connectivity index (χ2v) is 4.10. The van der Waals surface area contributed by atoms with Crippen LogP contribution in [0.4, 0.5) is 5.82 Å². The Labute approximate surface area is 134 Å². The minimum atomic E-state index is -0.952. The third-order valence-electron chi connectivity index (χ3n) is 2.43. The molecule has 0 unspecified atom stereocenters. The number of anilines is 1. The molecule has 1 rings (SSSR count). The van der Waals surface area contributed by atoms with E-state index in [2.05, 4.69) is 15.6 Å². The lowest BCUT2D eigenvalue weighted by Crippen LogP contribution is -2.25. The molecule has 8 heteroatoms. The largest absolute Gasteiger partial charge is 0.481 e. The Morgan fingerprint density at radius 2 is 1.91 bits per heavy atom. The number of rotatable bonds is 8. The summed E-state index contributed by atoms with van der Waals surface area (Å²) in [6.45, 7) is 3.92. The number of nitrogens with one attached hydrogen (secondary N) is 2. The molecule has 126 valence electrons. The van der Waals surface area contributed by atoms with E-state index in [1.165, 1.54) is 18.3 Å². The maximum atomic E-state index is 11.5. The van der Waals surface area contributed by atoms with E-state index in [0.717, 1.165) is 0 Å². The fraction of sp³-hybridized carbons (Fsp3) is 0.400. The van der Waals surface area contributed by atoms with Gasteiger partial charge in [-0.2, -0.15) is 0 Å². The molecule has 0 aliphatic heterocycles. The van der Waals surface area contributed by atoms with Crippen LogP contribution in [0.25, 0.3) is 0 Å². The summed E-state index contributed by atoms with van der Waals surface area (Å²) in [7, 11) is 0. The Kier molecular flexibility index (Phi) is 10.4. The molecule has 0 radical (unpaired) electrons. The number of aromatic nitrogens is 1. The van der Waals surface area contributed by atoms with E-state index < -0.39 is 11.9 Å². The third-order valence-corrected chi connectivity index (χ3v) is 2.43. The van der Waals surface area contributed by atoms with Gasteiger partial charge in [-0.1, -0.05) is 13.8 Å². The van der Waals surface area contributed by atoms with Crippen molar-refractivity contribution in [1.29, 1.82) is 0 Å². The molecule has 0 aliphatic rings. The predicted octanol–water partition coefficient (Wildman–Crippen LogP) is 1.23. The Morgan fingerprint density at radius 3 is 2.43 bits per heavy atom. The Balaban J connectivity index is 0.00000232. The van der Waals surface area contributed by atoms with E-state index in [1.54, 1.807) is 0 Å². The van der Waals surface area contributed by atoms with Gasteiger partial charge in [-0.15, -0.1) is 0 Å². The fourth-order valence-electron chi connectivity index (χ4n) is 1.44. The van der Waals surface area contributed by atoms with E-state index in [9.17, 15) is 19.2 Å². The van der Waals surface area contributed by atoms with Gasteiger partial charge in [-0.25, -0.2) is 4.98 Å². The Bertz CT molecular complexity index is 528. The van der Waals surface area contributed by atoms with Gasteiger partial charge in [0.25, 0.3) is 5.91 Å². The molecule has 8 nitrogen and oxygen atoms in total. The number of aliphatic carboxylic acids is 1. The molecule has 23 heavy (non-hydrogen) atoms. The number of aldehydes is 1. The van der Waals surface area contributed by atoms with Crippen molar-refractivity contribution in [3.05, 3.63) is 23.9 Å². The maximum absolute atomic E-state index is 11.5. The zero-order valence-corrected chi connectivity index (χ0v) is 13.2. The standard InChI is InChI=1S/C13H15N3O5.C2H6/c17-7-6-14-13(21)9-4-5-10(15-8-9)16-11(18)2-1-3-12(19)20;1-2/h4-5,7-8H,1-3,6H2,(H,14,21)(H,19,20)(H,15,16,18);1-2H3. The first kappa shape index (κ1) is 20.2. The predicted molar refractivity (Wildman–Crippen MR) is 84.1 cm³/mol. The van der Waals surface area contributed by atoms with Gasteiger partial charge in [0.1, 0.15) is 12.1 Å². The molecule has 0 saturated carbocycles. The number of carbonyl (C=O) groups excluding carboxylic acids is 3. The summed E-state index contributed by atoms with van der Waals surface area (Å²) >= 11 is 0. The van der Waals surface area contributed by atoms with Crippen LogP contribution in [-0.4, -0.2) is 40.7 Å². The van der Waals surface area contributed by atoms with Gasteiger partial charge in [-0.05, 0) is 18.6 Å². The maximum Gasteiger partial charge on any atom is 0.303 e. The first-order valence-electron chi connectivity index (χ1n) is 7.22. The minimum Gasteiger partial charge on any atom is -0.481 e. The number of pyridine rings is 1. The Hall–Kier alpha value is -2.77. The van der Waals surface area contributed by atoms with E-state index in [-0.39, 0.29) is 43.1 Å². The monoisotopic (exact) mass is 323 g/mol. The lowest BCUT2D eigenvalue weighted by Gasteiger charge is -2.05. The zero-order chi connectivity index (χ0) is 17.7. The van der Waals surface area contributed by atoms with Gasteiger partial charge in [0.2, 0.25) is 5.91 Å². The van der Waals surface area contributed by atoms with Crippen molar-refractivity contribution in [2.45, 2.75) is 33.1 Å². The van der Waals surface area contributed by atoms with Gasteiger partial charge >= 0.3 is 5.97 Å². The first-order valence-corrected chi connectivity index (χ1v) is 7.22. The second kappa shape index (κ2) is 11.8. The third kappa shape index (κ3) is 8.97. The number of carboxylic acids is 1. The fourth-order valence-corrected chi connectivity index (χ4v) is 1.44. The van der Waals surface area contributed by atoms with Crippen LogP contribution in [0, 0.1) is 0 Å². The molecular weight excluding hydrogens is 302 g/mol. The molecule has 1 aromatic rings. The molecule has 3 N–H and O–H groups in total. The lowest BCUT2D eigenvalue weighted by atomic mass is 10.2. The van der Waals surface area contributed by atoms with Crippen LogP contribution in [0.2, 0.25) is 0 Å². The molecule has 0 spiro atoms. The summed E-state index contributed by atoms with van der Waals surface area (Å²) in [5, 5.41) is 13.3. The van der Waals surface area contributed by atoms with Gasteiger partial charge < -0.3 is 20.5 Å². The number of amides is 2. The van der Waals surface area contributed by atoms with E-state index in [0.29, 0.717) is 6.29 Å². The second-order valence-electron chi connectivity index (χ2n) is 4.10. The van der Waals surface area contributed by atoms with Crippen LogP contribution in [0.1, 0.15) is 43.5 Å². The number of carbonyl (C=O) groups is 4. The van der Waals surface area contributed by atoms with Crippen molar-refractivity contribution in [2.75, 3.05) is 11.9 Å². The topological polar surface area (TPSA) is 125 Å². The van der Waals surface area contributed by atoms with Crippen molar-refractivity contribution in [3.63, 3.8) is 0 Å². The smallest absolute Gasteiger partial charge is 0.303 e. The number of carboxylic acid groups (broad SMARTS) is 1. The van der Waals surface area contributed by atoms with Crippen LogP contribution >= 0.6 is 0 Å². The Morgan fingerprint density at radius 1 is 1.22 bits per heavy atom. The molecule has 0 aliphatic carbocycles.